The Labute approximate surface area is 79.1 Å². The van der Waals surface area contributed by atoms with E-state index in [4.69, 9.17) is 5.73 Å². The van der Waals surface area contributed by atoms with Crippen molar-refractivity contribution in [2.75, 3.05) is 5.73 Å². The quantitative estimate of drug-likeness (QED) is 0.730. The van der Waals surface area contributed by atoms with Gasteiger partial charge in [0.2, 0.25) is 0 Å². The number of aromatic nitrogens is 2. The van der Waals surface area contributed by atoms with Crippen LogP contribution < -0.4 is 11.1 Å². The Balaban J connectivity index is 2.64. The molecule has 0 amide bonds. The first-order valence-electron chi connectivity index (χ1n) is 4.68. The highest BCUT2D eigenvalue weighted by molar-refractivity contribution is 5.25. The number of nitrogens with two attached hydrogens (primary N) is 1. The number of nitrogens with one attached hydrogen (secondary N) is 1. The summed E-state index contributed by atoms with van der Waals surface area (Å²) in [4.78, 5) is 4.23. The van der Waals surface area contributed by atoms with Crippen LogP contribution >= 0.6 is 0 Å². The van der Waals surface area contributed by atoms with Gasteiger partial charge in [-0.3, -0.25) is 0 Å². The molecule has 3 N–H and O–H groups in total. The average Bonchev–Trinajstić information content (AvgIpc) is 2.42. The van der Waals surface area contributed by atoms with Crippen molar-refractivity contribution in [1.29, 1.82) is 0 Å². The van der Waals surface area contributed by atoms with E-state index in [-0.39, 0.29) is 0 Å². The van der Waals surface area contributed by atoms with Gasteiger partial charge in [0, 0.05) is 18.8 Å². The molecule has 0 saturated carbocycles. The Morgan fingerprint density at radius 3 is 2.85 bits per heavy atom. The summed E-state index contributed by atoms with van der Waals surface area (Å²) in [5, 5.41) is 3.31. The lowest BCUT2D eigenvalue weighted by molar-refractivity contribution is 0.551. The number of hydrogen-bond donors (Lipinski definition) is 2. The predicted octanol–water partition coefficient (Wildman–Crippen LogP) is 0.983. The molecule has 0 radical (unpaired) electrons. The topological polar surface area (TPSA) is 55.9 Å². The Morgan fingerprint density at radius 2 is 2.31 bits per heavy atom. The number of imidazole rings is 1. The smallest absolute Gasteiger partial charge is 0.141 e. The van der Waals surface area contributed by atoms with E-state index in [1.54, 1.807) is 0 Å². The minimum atomic E-state index is 0.475. The molecule has 13 heavy (non-hydrogen) atoms. The van der Waals surface area contributed by atoms with Crippen LogP contribution in [0, 0.1) is 0 Å². The van der Waals surface area contributed by atoms with E-state index >= 15 is 0 Å². The van der Waals surface area contributed by atoms with Crippen molar-refractivity contribution in [3.05, 3.63) is 12.0 Å². The fourth-order valence-electron chi connectivity index (χ4n) is 1.19. The van der Waals surface area contributed by atoms with E-state index in [2.05, 4.69) is 35.6 Å². The van der Waals surface area contributed by atoms with E-state index in [1.165, 1.54) is 0 Å². The standard InChI is InChI=1S/C9H18N4/c1-4-13-6-8(10)12-9(13)5-11-7(2)3/h6-7,11H,4-5,10H2,1-3H3. The van der Waals surface area contributed by atoms with E-state index in [9.17, 15) is 0 Å². The Morgan fingerprint density at radius 1 is 1.62 bits per heavy atom. The van der Waals surface area contributed by atoms with Gasteiger partial charge in [-0.15, -0.1) is 0 Å². The van der Waals surface area contributed by atoms with Gasteiger partial charge in [0.15, 0.2) is 0 Å². The fraction of sp³-hybridized carbons (Fsp3) is 0.667. The lowest BCUT2D eigenvalue weighted by Crippen LogP contribution is -2.23. The molecular weight excluding hydrogens is 164 g/mol. The monoisotopic (exact) mass is 182 g/mol. The zero-order chi connectivity index (χ0) is 9.84. The van der Waals surface area contributed by atoms with Gasteiger partial charge in [0.1, 0.15) is 11.6 Å². The van der Waals surface area contributed by atoms with E-state index in [0.29, 0.717) is 11.9 Å². The summed E-state index contributed by atoms with van der Waals surface area (Å²) in [7, 11) is 0. The molecule has 1 aromatic rings. The highest BCUT2D eigenvalue weighted by atomic mass is 15.1. The third-order valence-corrected chi connectivity index (χ3v) is 1.89. The molecule has 1 heterocycles. The zero-order valence-electron chi connectivity index (χ0n) is 8.54. The predicted molar refractivity (Wildman–Crippen MR) is 54.3 cm³/mol. The molecule has 74 valence electrons. The van der Waals surface area contributed by atoms with Crippen molar-refractivity contribution in [3.8, 4) is 0 Å². The van der Waals surface area contributed by atoms with Gasteiger partial charge in [-0.05, 0) is 6.92 Å². The van der Waals surface area contributed by atoms with Crippen LogP contribution in [0.2, 0.25) is 0 Å². The molecule has 0 aliphatic carbocycles. The maximum absolute atomic E-state index is 5.60. The van der Waals surface area contributed by atoms with Crippen LogP contribution in [-0.2, 0) is 13.1 Å². The van der Waals surface area contributed by atoms with Crippen LogP contribution in [0.25, 0.3) is 0 Å². The molecule has 0 fully saturated rings. The molecule has 1 rings (SSSR count). The summed E-state index contributed by atoms with van der Waals surface area (Å²) in [6, 6.07) is 0.475. The van der Waals surface area contributed by atoms with E-state index < -0.39 is 0 Å². The summed E-state index contributed by atoms with van der Waals surface area (Å²) >= 11 is 0. The highest BCUT2D eigenvalue weighted by Crippen LogP contribution is 2.04. The first-order chi connectivity index (χ1) is 6.13. The van der Waals surface area contributed by atoms with Gasteiger partial charge in [0.05, 0.1) is 6.54 Å². The van der Waals surface area contributed by atoms with Crippen LogP contribution in [-0.4, -0.2) is 15.6 Å². The fourth-order valence-corrected chi connectivity index (χ4v) is 1.19. The molecule has 1 aromatic heterocycles. The molecule has 4 heteroatoms. The summed E-state index contributed by atoms with van der Waals surface area (Å²) in [6.45, 7) is 8.01. The van der Waals surface area contributed by atoms with Crippen molar-refractivity contribution in [2.24, 2.45) is 0 Å². The largest absolute Gasteiger partial charge is 0.382 e. The third-order valence-electron chi connectivity index (χ3n) is 1.89. The number of anilines is 1. The summed E-state index contributed by atoms with van der Waals surface area (Å²) in [6.07, 6.45) is 1.87. The van der Waals surface area contributed by atoms with Gasteiger partial charge < -0.3 is 15.6 Å². The lowest BCUT2D eigenvalue weighted by Gasteiger charge is -2.08. The Hall–Kier alpha value is -1.03. The van der Waals surface area contributed by atoms with Gasteiger partial charge in [0.25, 0.3) is 0 Å². The van der Waals surface area contributed by atoms with Gasteiger partial charge in [-0.2, -0.15) is 0 Å². The maximum Gasteiger partial charge on any atom is 0.141 e. The second-order valence-electron chi connectivity index (χ2n) is 3.40. The number of nitrogen functional groups attached to an aromatic ring is 1. The van der Waals surface area contributed by atoms with Crippen molar-refractivity contribution in [2.45, 2.75) is 39.9 Å². The number of rotatable bonds is 4. The van der Waals surface area contributed by atoms with Crippen molar-refractivity contribution in [1.82, 2.24) is 14.9 Å². The van der Waals surface area contributed by atoms with Gasteiger partial charge in [-0.1, -0.05) is 13.8 Å². The van der Waals surface area contributed by atoms with Crippen molar-refractivity contribution >= 4 is 5.82 Å². The zero-order valence-corrected chi connectivity index (χ0v) is 8.54. The molecule has 0 bridgehead atoms. The molecule has 0 aliphatic rings. The minimum Gasteiger partial charge on any atom is -0.382 e. The molecular formula is C9H18N4. The normalized spacial score (nSPS) is 11.1. The van der Waals surface area contributed by atoms with Crippen LogP contribution in [0.4, 0.5) is 5.82 Å². The first-order valence-corrected chi connectivity index (χ1v) is 4.68. The van der Waals surface area contributed by atoms with E-state index in [0.717, 1.165) is 18.9 Å². The summed E-state index contributed by atoms with van der Waals surface area (Å²) < 4.78 is 2.06. The van der Waals surface area contributed by atoms with Gasteiger partial charge >= 0.3 is 0 Å². The van der Waals surface area contributed by atoms with E-state index in [1.807, 2.05) is 6.20 Å². The maximum atomic E-state index is 5.60. The van der Waals surface area contributed by atoms with Crippen LogP contribution in [0.3, 0.4) is 0 Å². The number of aryl methyl sites for hydroxylation is 1. The molecule has 0 atom stereocenters. The molecule has 4 nitrogen and oxygen atoms in total. The lowest BCUT2D eigenvalue weighted by atomic mass is 10.4. The molecule has 0 saturated heterocycles. The SMILES string of the molecule is CCn1cc(N)nc1CNC(C)C. The molecule has 0 aliphatic heterocycles. The summed E-state index contributed by atoms with van der Waals surface area (Å²) in [5.74, 6) is 1.61. The Kier molecular flexibility index (Phi) is 3.31. The van der Waals surface area contributed by atoms with Crippen molar-refractivity contribution < 1.29 is 0 Å². The van der Waals surface area contributed by atoms with Crippen LogP contribution in [0.15, 0.2) is 6.20 Å². The third kappa shape index (κ3) is 2.73. The minimum absolute atomic E-state index is 0.475. The molecule has 0 spiro atoms. The molecule has 0 aromatic carbocycles. The van der Waals surface area contributed by atoms with Gasteiger partial charge in [-0.25, -0.2) is 4.98 Å². The molecule has 0 unspecified atom stereocenters. The summed E-state index contributed by atoms with van der Waals surface area (Å²) in [5.41, 5.74) is 5.60. The van der Waals surface area contributed by atoms with Crippen molar-refractivity contribution in [3.63, 3.8) is 0 Å². The number of hydrogen-bond acceptors (Lipinski definition) is 3. The number of nitrogens with zero attached hydrogens (tertiary/aromatic N) is 2. The highest BCUT2D eigenvalue weighted by Gasteiger charge is 2.04. The first kappa shape index (κ1) is 10.1. The van der Waals surface area contributed by atoms with Crippen LogP contribution in [0.1, 0.15) is 26.6 Å². The Bertz CT molecular complexity index is 265. The van der Waals surface area contributed by atoms with Crippen LogP contribution in [0.5, 0.6) is 0 Å². The average molecular weight is 182 g/mol. The second-order valence-corrected chi connectivity index (χ2v) is 3.40. The second kappa shape index (κ2) is 4.28.